The number of carbonyl (C=O) groups is 4. The molecule has 8 heteroatoms. The molecule has 44 heavy (non-hydrogen) atoms. The fourth-order valence-corrected chi connectivity index (χ4v) is 5.26. The van der Waals surface area contributed by atoms with E-state index in [0.717, 1.165) is 56.4 Å². The molecule has 2 aromatic rings. The van der Waals surface area contributed by atoms with Crippen LogP contribution in [0.2, 0.25) is 0 Å². The summed E-state index contributed by atoms with van der Waals surface area (Å²) in [6.45, 7) is 5.78. The highest BCUT2D eigenvalue weighted by atomic mass is 16.5. The number of ether oxygens (including phenoxy) is 2. The summed E-state index contributed by atoms with van der Waals surface area (Å²) in [6.07, 6.45) is 13.8. The predicted molar refractivity (Wildman–Crippen MR) is 172 cm³/mol. The van der Waals surface area contributed by atoms with Gasteiger partial charge in [0.1, 0.15) is 11.5 Å². The number of Topliss-reactive ketones (excluding diaryl/α,β-unsaturated/α-hetero) is 2. The quantitative estimate of drug-likeness (QED) is 0.199. The molecule has 2 aliphatic rings. The van der Waals surface area contributed by atoms with Crippen LogP contribution in [0.3, 0.4) is 0 Å². The monoisotopic (exact) mass is 606 g/mol. The molecule has 2 aliphatic carbocycles. The Kier molecular flexibility index (Phi) is 15.5. The Bertz CT molecular complexity index is 1180. The van der Waals surface area contributed by atoms with Gasteiger partial charge in [-0.2, -0.15) is 0 Å². The number of hydrogen-bond acceptors (Lipinski definition) is 6. The second kappa shape index (κ2) is 19.6. The van der Waals surface area contributed by atoms with E-state index in [1.807, 2.05) is 12.1 Å². The third kappa shape index (κ3) is 12.1. The van der Waals surface area contributed by atoms with Gasteiger partial charge in [-0.25, -0.2) is 0 Å². The zero-order chi connectivity index (χ0) is 31.6. The summed E-state index contributed by atoms with van der Waals surface area (Å²) < 4.78 is 11.3. The van der Waals surface area contributed by atoms with Crippen LogP contribution in [-0.2, 0) is 9.59 Å². The fourth-order valence-electron chi connectivity index (χ4n) is 5.26. The molecule has 2 aromatic carbocycles. The van der Waals surface area contributed by atoms with E-state index in [2.05, 4.69) is 24.5 Å². The average Bonchev–Trinajstić information content (AvgIpc) is 3.64. The van der Waals surface area contributed by atoms with E-state index in [1.165, 1.54) is 32.1 Å². The molecule has 2 unspecified atom stereocenters. The van der Waals surface area contributed by atoms with Crippen LogP contribution in [-0.4, -0.2) is 48.7 Å². The Morgan fingerprint density at radius 3 is 1.39 bits per heavy atom. The van der Waals surface area contributed by atoms with Crippen LogP contribution in [0.15, 0.2) is 48.5 Å². The molecule has 0 radical (unpaired) electrons. The maximum atomic E-state index is 12.1. The molecule has 8 nitrogen and oxygen atoms in total. The van der Waals surface area contributed by atoms with E-state index in [9.17, 15) is 19.2 Å². The number of benzene rings is 2. The van der Waals surface area contributed by atoms with Gasteiger partial charge in [-0.15, -0.1) is 0 Å². The first-order valence-electron chi connectivity index (χ1n) is 16.5. The first kappa shape index (κ1) is 34.8. The van der Waals surface area contributed by atoms with Crippen LogP contribution < -0.4 is 20.1 Å². The van der Waals surface area contributed by atoms with E-state index in [0.29, 0.717) is 37.2 Å². The van der Waals surface area contributed by atoms with Gasteiger partial charge in [0.05, 0.1) is 25.3 Å². The molecule has 2 fully saturated rings. The highest BCUT2D eigenvalue weighted by molar-refractivity contribution is 5.99. The Hall–Kier alpha value is -3.68. The van der Waals surface area contributed by atoms with Crippen molar-refractivity contribution in [3.05, 3.63) is 59.7 Å². The van der Waals surface area contributed by atoms with Gasteiger partial charge in [-0.1, -0.05) is 52.4 Å². The Morgan fingerprint density at radius 1 is 0.614 bits per heavy atom. The first-order chi connectivity index (χ1) is 21.4. The van der Waals surface area contributed by atoms with Gasteiger partial charge in [0.2, 0.25) is 0 Å². The molecule has 2 atom stereocenters. The molecule has 0 spiro atoms. The van der Waals surface area contributed by atoms with Crippen molar-refractivity contribution in [2.24, 2.45) is 0 Å². The number of carbonyl (C=O) groups excluding carboxylic acids is 4. The van der Waals surface area contributed by atoms with E-state index in [1.54, 1.807) is 36.4 Å². The lowest BCUT2D eigenvalue weighted by Gasteiger charge is -2.11. The van der Waals surface area contributed by atoms with E-state index in [4.69, 9.17) is 9.47 Å². The molecule has 0 aromatic heterocycles. The molecule has 0 heterocycles. The van der Waals surface area contributed by atoms with E-state index in [-0.39, 0.29) is 35.5 Å². The Balaban J connectivity index is 0.000000241. The first-order valence-corrected chi connectivity index (χ1v) is 16.5. The van der Waals surface area contributed by atoms with Gasteiger partial charge >= 0.3 is 0 Å². The van der Waals surface area contributed by atoms with Gasteiger partial charge in [0.15, 0.2) is 11.6 Å². The molecule has 2 N–H and O–H groups in total. The third-order valence-electron chi connectivity index (χ3n) is 7.99. The Labute approximate surface area is 262 Å². The summed E-state index contributed by atoms with van der Waals surface area (Å²) in [5, 5.41) is 5.60. The van der Waals surface area contributed by atoms with Crippen molar-refractivity contribution in [1.29, 1.82) is 0 Å². The standard InChI is InChI=1S/C19H27NO3.C17H23NO3/c1-2-3-4-5-6-14-23-16-12-10-15(11-13-16)19(22)20-17-8-7-9-18(17)21;1-2-3-4-12-21-14-10-8-13(9-11-14)17(20)18-15-6-5-7-16(15)19/h10-13,17H,2-9,14H2,1H3,(H,20,22);8-11,15H,2-7,12H2,1H3,(H,18,20). The van der Waals surface area contributed by atoms with E-state index < -0.39 is 0 Å². The maximum absolute atomic E-state index is 12.1. The van der Waals surface area contributed by atoms with Crippen molar-refractivity contribution < 1.29 is 28.7 Å². The second-order valence-electron chi connectivity index (χ2n) is 11.6. The molecule has 4 rings (SSSR count). The normalized spacial score (nSPS) is 17.5. The summed E-state index contributed by atoms with van der Waals surface area (Å²) in [6, 6.07) is 13.6. The highest BCUT2D eigenvalue weighted by Crippen LogP contribution is 2.18. The van der Waals surface area contributed by atoms with E-state index >= 15 is 0 Å². The smallest absolute Gasteiger partial charge is 0.251 e. The second-order valence-corrected chi connectivity index (χ2v) is 11.6. The minimum Gasteiger partial charge on any atom is -0.494 e. The fraction of sp³-hybridized carbons (Fsp3) is 0.556. The summed E-state index contributed by atoms with van der Waals surface area (Å²) in [4.78, 5) is 47.3. The zero-order valence-electron chi connectivity index (χ0n) is 26.5. The van der Waals surface area contributed by atoms with Crippen molar-refractivity contribution in [2.75, 3.05) is 13.2 Å². The van der Waals surface area contributed by atoms with Gasteiger partial charge in [-0.05, 0) is 87.1 Å². The van der Waals surface area contributed by atoms with Gasteiger partial charge < -0.3 is 20.1 Å². The van der Waals surface area contributed by atoms with Crippen molar-refractivity contribution in [2.45, 2.75) is 116 Å². The van der Waals surface area contributed by atoms with Crippen molar-refractivity contribution in [1.82, 2.24) is 10.6 Å². The number of amides is 2. The summed E-state index contributed by atoms with van der Waals surface area (Å²) >= 11 is 0. The van der Waals surface area contributed by atoms with Crippen LogP contribution >= 0.6 is 0 Å². The summed E-state index contributed by atoms with van der Waals surface area (Å²) in [5.41, 5.74) is 1.13. The van der Waals surface area contributed by atoms with Crippen LogP contribution in [0.4, 0.5) is 0 Å². The van der Waals surface area contributed by atoms with Crippen molar-refractivity contribution in [3.8, 4) is 11.5 Å². The molecular weight excluding hydrogens is 556 g/mol. The topological polar surface area (TPSA) is 111 Å². The average molecular weight is 607 g/mol. The largest absolute Gasteiger partial charge is 0.494 e. The molecule has 2 saturated carbocycles. The SMILES string of the molecule is CCCCCCCOc1ccc(C(=O)NC2CCCC2=O)cc1.CCCCCOc1ccc(C(=O)NC2CCCC2=O)cc1. The van der Waals surface area contributed by atoms with Gasteiger partial charge in [-0.3, -0.25) is 19.2 Å². The maximum Gasteiger partial charge on any atom is 0.251 e. The zero-order valence-corrected chi connectivity index (χ0v) is 26.5. The molecule has 0 bridgehead atoms. The number of unbranched alkanes of at least 4 members (excludes halogenated alkanes) is 6. The van der Waals surface area contributed by atoms with Crippen molar-refractivity contribution >= 4 is 23.4 Å². The molecular formula is C36H50N2O6. The molecule has 2 amide bonds. The van der Waals surface area contributed by atoms with Gasteiger partial charge in [0, 0.05) is 24.0 Å². The predicted octanol–water partition coefficient (Wildman–Crippen LogP) is 6.99. The summed E-state index contributed by atoms with van der Waals surface area (Å²) in [5.74, 6) is 1.47. The van der Waals surface area contributed by atoms with Crippen LogP contribution in [0.25, 0.3) is 0 Å². The van der Waals surface area contributed by atoms with Crippen LogP contribution in [0, 0.1) is 0 Å². The number of nitrogens with one attached hydrogen (secondary N) is 2. The minimum absolute atomic E-state index is 0.138. The number of ketones is 2. The summed E-state index contributed by atoms with van der Waals surface area (Å²) in [7, 11) is 0. The Morgan fingerprint density at radius 2 is 1.00 bits per heavy atom. The third-order valence-corrected chi connectivity index (χ3v) is 7.99. The van der Waals surface area contributed by atoms with Crippen molar-refractivity contribution in [3.63, 3.8) is 0 Å². The highest BCUT2D eigenvalue weighted by Gasteiger charge is 2.27. The lowest BCUT2D eigenvalue weighted by molar-refractivity contribution is -0.119. The molecule has 0 aliphatic heterocycles. The number of hydrogen-bond donors (Lipinski definition) is 2. The van der Waals surface area contributed by atoms with Gasteiger partial charge in [0.25, 0.3) is 11.8 Å². The van der Waals surface area contributed by atoms with Crippen LogP contribution in [0.1, 0.15) is 124 Å². The lowest BCUT2D eigenvalue weighted by atomic mass is 10.1. The molecule has 0 saturated heterocycles. The minimum atomic E-state index is -0.304. The lowest BCUT2D eigenvalue weighted by Crippen LogP contribution is -2.37. The van der Waals surface area contributed by atoms with Crippen LogP contribution in [0.5, 0.6) is 11.5 Å². The molecule has 240 valence electrons. The number of rotatable bonds is 16.